The molecule has 1 saturated heterocycles. The Bertz CT molecular complexity index is 1120. The normalized spacial score (nSPS) is 15.2. The number of hydrogen-bond acceptors (Lipinski definition) is 4. The lowest BCUT2D eigenvalue weighted by Gasteiger charge is -2.29. The molecule has 1 aliphatic heterocycles. The summed E-state index contributed by atoms with van der Waals surface area (Å²) in [6.45, 7) is 4.29. The molecule has 34 heavy (non-hydrogen) atoms. The van der Waals surface area contributed by atoms with E-state index in [4.69, 9.17) is 9.47 Å². The molecule has 5 rings (SSSR count). The van der Waals surface area contributed by atoms with Crippen LogP contribution in [-0.2, 0) is 9.47 Å². The lowest BCUT2D eigenvalue weighted by atomic mass is 9.98. The fraction of sp³-hybridized carbons (Fsp3) is 0.276. The molecule has 2 aliphatic rings. The van der Waals surface area contributed by atoms with Gasteiger partial charge in [0.2, 0.25) is 0 Å². The van der Waals surface area contributed by atoms with Gasteiger partial charge in [-0.1, -0.05) is 72.8 Å². The molecular formula is C29H30N2O3. The molecule has 5 nitrogen and oxygen atoms in total. The molecule has 1 N–H and O–H groups in total. The Labute approximate surface area is 201 Å². The average Bonchev–Trinajstić information content (AvgIpc) is 3.22. The third-order valence-corrected chi connectivity index (χ3v) is 6.48. The summed E-state index contributed by atoms with van der Waals surface area (Å²) < 4.78 is 11.0. The van der Waals surface area contributed by atoms with Gasteiger partial charge >= 0.3 is 6.09 Å². The lowest BCUT2D eigenvalue weighted by molar-refractivity contribution is 0.122. The van der Waals surface area contributed by atoms with Gasteiger partial charge in [0.05, 0.1) is 13.2 Å². The molecule has 0 spiro atoms. The van der Waals surface area contributed by atoms with Crippen LogP contribution in [0.15, 0.2) is 78.9 Å². The maximum Gasteiger partial charge on any atom is 0.407 e. The quantitative estimate of drug-likeness (QED) is 0.481. The van der Waals surface area contributed by atoms with Crippen molar-refractivity contribution in [3.63, 3.8) is 0 Å². The van der Waals surface area contributed by atoms with E-state index >= 15 is 0 Å². The highest BCUT2D eigenvalue weighted by Crippen LogP contribution is 2.44. The van der Waals surface area contributed by atoms with E-state index in [2.05, 4.69) is 83.0 Å². The Hall–Kier alpha value is -3.57. The summed E-state index contributed by atoms with van der Waals surface area (Å²) in [5.74, 6) is 0.0804. The fourth-order valence-corrected chi connectivity index (χ4v) is 4.77. The Balaban J connectivity index is 1.09. The molecule has 3 aromatic carbocycles. The summed E-state index contributed by atoms with van der Waals surface area (Å²) in [5.41, 5.74) is 7.29. The molecule has 1 amide bonds. The molecule has 0 radical (unpaired) electrons. The molecule has 3 aromatic rings. The Morgan fingerprint density at radius 3 is 2.41 bits per heavy atom. The van der Waals surface area contributed by atoms with Gasteiger partial charge in [0.15, 0.2) is 0 Å². The van der Waals surface area contributed by atoms with Gasteiger partial charge in [-0.3, -0.25) is 0 Å². The largest absolute Gasteiger partial charge is 0.449 e. The molecule has 0 saturated carbocycles. The molecule has 0 atom stereocenters. The summed E-state index contributed by atoms with van der Waals surface area (Å²) in [7, 11) is 0. The number of carbonyl (C=O) groups excluding carboxylic acids is 1. The minimum absolute atomic E-state index is 0.0804. The van der Waals surface area contributed by atoms with Gasteiger partial charge in [-0.25, -0.2) is 4.79 Å². The predicted molar refractivity (Wildman–Crippen MR) is 136 cm³/mol. The van der Waals surface area contributed by atoms with E-state index in [9.17, 15) is 4.79 Å². The van der Waals surface area contributed by atoms with E-state index in [1.807, 2.05) is 12.1 Å². The van der Waals surface area contributed by atoms with Crippen LogP contribution < -0.4 is 10.2 Å². The molecule has 0 aromatic heterocycles. The van der Waals surface area contributed by atoms with Crippen LogP contribution in [0, 0.1) is 0 Å². The first kappa shape index (κ1) is 22.2. The monoisotopic (exact) mass is 454 g/mol. The van der Waals surface area contributed by atoms with Gasteiger partial charge < -0.3 is 19.7 Å². The predicted octanol–water partition coefficient (Wildman–Crippen LogP) is 5.47. The van der Waals surface area contributed by atoms with Crippen molar-refractivity contribution in [1.29, 1.82) is 0 Å². The average molecular weight is 455 g/mol. The highest BCUT2D eigenvalue weighted by atomic mass is 16.5. The second-order valence-corrected chi connectivity index (χ2v) is 8.64. The lowest BCUT2D eigenvalue weighted by Crippen LogP contribution is -2.36. The van der Waals surface area contributed by atoms with Crippen LogP contribution in [0.2, 0.25) is 0 Å². The minimum Gasteiger partial charge on any atom is -0.449 e. The molecule has 0 bridgehead atoms. The molecule has 174 valence electrons. The zero-order valence-electron chi connectivity index (χ0n) is 19.3. The van der Waals surface area contributed by atoms with Gasteiger partial charge in [0, 0.05) is 31.2 Å². The Morgan fingerprint density at radius 1 is 0.971 bits per heavy atom. The summed E-state index contributed by atoms with van der Waals surface area (Å²) >= 11 is 0. The van der Waals surface area contributed by atoms with Crippen LogP contribution in [0.3, 0.4) is 0 Å². The molecule has 0 unspecified atom stereocenters. The van der Waals surface area contributed by atoms with Gasteiger partial charge in [-0.15, -0.1) is 0 Å². The van der Waals surface area contributed by atoms with E-state index in [0.29, 0.717) is 13.2 Å². The molecule has 1 fully saturated rings. The van der Waals surface area contributed by atoms with Crippen molar-refractivity contribution in [2.45, 2.75) is 12.3 Å². The number of benzene rings is 3. The first-order valence-corrected chi connectivity index (χ1v) is 12.0. The topological polar surface area (TPSA) is 50.8 Å². The minimum atomic E-state index is -0.371. The van der Waals surface area contributed by atoms with Crippen LogP contribution in [0.4, 0.5) is 10.5 Å². The van der Waals surface area contributed by atoms with E-state index in [-0.39, 0.29) is 12.0 Å². The van der Waals surface area contributed by atoms with Gasteiger partial charge in [0.25, 0.3) is 0 Å². The number of hydrogen-bond donors (Lipinski definition) is 1. The van der Waals surface area contributed by atoms with Crippen LogP contribution in [0.5, 0.6) is 0 Å². The number of nitrogens with one attached hydrogen (secondary N) is 1. The van der Waals surface area contributed by atoms with Crippen LogP contribution in [-0.4, -0.2) is 45.5 Å². The summed E-state index contributed by atoms with van der Waals surface area (Å²) in [5, 5.41) is 2.87. The summed E-state index contributed by atoms with van der Waals surface area (Å²) in [6.07, 6.45) is 4.56. The van der Waals surface area contributed by atoms with Gasteiger partial charge in [-0.05, 0) is 46.4 Å². The number of amides is 1. The third-order valence-electron chi connectivity index (χ3n) is 6.48. The Kier molecular flexibility index (Phi) is 6.91. The van der Waals surface area contributed by atoms with E-state index < -0.39 is 0 Å². The smallest absolute Gasteiger partial charge is 0.407 e. The first-order valence-electron chi connectivity index (χ1n) is 12.0. The van der Waals surface area contributed by atoms with Crippen molar-refractivity contribution in [3.8, 4) is 11.1 Å². The van der Waals surface area contributed by atoms with Crippen molar-refractivity contribution in [2.75, 3.05) is 44.4 Å². The highest BCUT2D eigenvalue weighted by molar-refractivity contribution is 5.79. The Morgan fingerprint density at radius 2 is 1.68 bits per heavy atom. The number of nitrogens with zero attached hydrogens (tertiary/aromatic N) is 1. The number of rotatable bonds is 7. The fourth-order valence-electron chi connectivity index (χ4n) is 4.77. The molecule has 1 heterocycles. The zero-order valence-corrected chi connectivity index (χ0v) is 19.3. The standard InChI is InChI=1S/C29H30N2O3/c32-29(34-21-28-26-13-3-1-11-24(26)25-12-2-4-14-27(25)28)30-15-6-5-8-22-9-7-10-23(20-22)31-16-18-33-19-17-31/h1-5,7-14,20,28H,6,15-19,21H2,(H,30,32). The maximum absolute atomic E-state index is 12.3. The summed E-state index contributed by atoms with van der Waals surface area (Å²) in [4.78, 5) is 14.7. The van der Waals surface area contributed by atoms with E-state index in [1.165, 1.54) is 27.9 Å². The third kappa shape index (κ3) is 5.00. The second kappa shape index (κ2) is 10.6. The van der Waals surface area contributed by atoms with Crippen molar-refractivity contribution in [2.24, 2.45) is 0 Å². The molecular weight excluding hydrogens is 424 g/mol. The number of ether oxygens (including phenoxy) is 2. The number of carbonyl (C=O) groups is 1. The van der Waals surface area contributed by atoms with Gasteiger partial charge in [0.1, 0.15) is 6.61 Å². The summed E-state index contributed by atoms with van der Waals surface area (Å²) in [6, 6.07) is 25.2. The van der Waals surface area contributed by atoms with Crippen molar-refractivity contribution >= 4 is 17.9 Å². The van der Waals surface area contributed by atoms with E-state index in [1.54, 1.807) is 0 Å². The number of morpholine rings is 1. The van der Waals surface area contributed by atoms with Crippen molar-refractivity contribution < 1.29 is 14.3 Å². The van der Waals surface area contributed by atoms with Crippen molar-refractivity contribution in [1.82, 2.24) is 5.32 Å². The van der Waals surface area contributed by atoms with Crippen LogP contribution in [0.1, 0.15) is 29.0 Å². The molecule has 5 heteroatoms. The SMILES string of the molecule is O=C(NCCC=Cc1cccc(N2CCOCC2)c1)OCC1c2ccccc2-c2ccccc21. The number of anilines is 1. The van der Waals surface area contributed by atoms with Crippen LogP contribution in [0.25, 0.3) is 17.2 Å². The van der Waals surface area contributed by atoms with Gasteiger partial charge in [-0.2, -0.15) is 0 Å². The zero-order chi connectivity index (χ0) is 23.2. The first-order chi connectivity index (χ1) is 16.8. The van der Waals surface area contributed by atoms with Crippen LogP contribution >= 0.6 is 0 Å². The van der Waals surface area contributed by atoms with Crippen molar-refractivity contribution in [3.05, 3.63) is 95.6 Å². The highest BCUT2D eigenvalue weighted by Gasteiger charge is 2.28. The van der Waals surface area contributed by atoms with E-state index in [0.717, 1.165) is 38.3 Å². The second-order valence-electron chi connectivity index (χ2n) is 8.64. The number of alkyl carbamates (subject to hydrolysis) is 1. The molecule has 1 aliphatic carbocycles. The number of fused-ring (bicyclic) bond motifs is 3. The maximum atomic E-state index is 12.3.